The van der Waals surface area contributed by atoms with Gasteiger partial charge in [0.15, 0.2) is 0 Å². The number of carbonyl (C=O) groups is 3. The molecule has 0 bridgehead atoms. The minimum Gasteiger partial charge on any atom is -0.368 e. The molecule has 1 aliphatic heterocycles. The highest BCUT2D eigenvalue weighted by Crippen LogP contribution is 2.31. The minimum atomic E-state index is -1.01. The van der Waals surface area contributed by atoms with Crippen molar-refractivity contribution < 1.29 is 14.4 Å². The number of anilines is 1. The van der Waals surface area contributed by atoms with Crippen molar-refractivity contribution in [2.45, 2.75) is 6.04 Å². The number of carbonyl (C=O) groups excluding carboxylic acids is 3. The molecule has 0 aromatic heterocycles. The maximum Gasteiger partial charge on any atom is 0.299 e. The van der Waals surface area contributed by atoms with Crippen LogP contribution in [0.15, 0.2) is 22.7 Å². The molecule has 4 N–H and O–H groups in total. The molecule has 2 amide bonds. The second kappa shape index (κ2) is 4.51. The predicted molar refractivity (Wildman–Crippen MR) is 68.0 cm³/mol. The van der Waals surface area contributed by atoms with E-state index in [1.54, 1.807) is 18.2 Å². The Kier molecular flexibility index (Phi) is 3.18. The van der Waals surface area contributed by atoms with Gasteiger partial charge in [-0.2, -0.15) is 0 Å². The van der Waals surface area contributed by atoms with Gasteiger partial charge in [0.25, 0.3) is 11.7 Å². The summed E-state index contributed by atoms with van der Waals surface area (Å²) in [5.41, 5.74) is 11.3. The second-order valence-corrected chi connectivity index (χ2v) is 4.83. The van der Waals surface area contributed by atoms with Gasteiger partial charge >= 0.3 is 0 Å². The third-order valence-electron chi connectivity index (χ3n) is 2.68. The summed E-state index contributed by atoms with van der Waals surface area (Å²) in [7, 11) is 0. The third-order valence-corrected chi connectivity index (χ3v) is 3.17. The molecule has 1 heterocycles. The van der Waals surface area contributed by atoms with Crippen molar-refractivity contribution in [3.05, 3.63) is 28.2 Å². The van der Waals surface area contributed by atoms with Gasteiger partial charge in [-0.15, -0.1) is 0 Å². The van der Waals surface area contributed by atoms with Crippen LogP contribution in [-0.2, 0) is 9.59 Å². The number of halogens is 1. The first kappa shape index (κ1) is 12.7. The van der Waals surface area contributed by atoms with Gasteiger partial charge in [0.05, 0.1) is 17.8 Å². The fraction of sp³-hybridized carbons (Fsp3) is 0.182. The van der Waals surface area contributed by atoms with Crippen LogP contribution in [0.25, 0.3) is 0 Å². The smallest absolute Gasteiger partial charge is 0.299 e. The van der Waals surface area contributed by atoms with Crippen molar-refractivity contribution in [1.82, 2.24) is 0 Å². The van der Waals surface area contributed by atoms with Crippen LogP contribution >= 0.6 is 15.9 Å². The Morgan fingerprint density at radius 2 is 2.06 bits per heavy atom. The van der Waals surface area contributed by atoms with E-state index in [2.05, 4.69) is 15.9 Å². The summed E-state index contributed by atoms with van der Waals surface area (Å²) in [6.45, 7) is -0.108. The number of nitrogens with two attached hydrogens (primary N) is 2. The zero-order valence-corrected chi connectivity index (χ0v) is 10.8. The van der Waals surface area contributed by atoms with Gasteiger partial charge in [-0.1, -0.05) is 15.9 Å². The van der Waals surface area contributed by atoms with Crippen molar-refractivity contribution in [2.75, 3.05) is 11.4 Å². The SMILES string of the molecule is NC(=O)C(N)CN1C(=O)C(=O)c2ccc(Br)cc21. The Morgan fingerprint density at radius 1 is 1.39 bits per heavy atom. The second-order valence-electron chi connectivity index (χ2n) is 3.92. The standard InChI is InChI=1S/C11H10BrN3O3/c12-5-1-2-6-8(3-5)15(11(18)9(6)16)4-7(13)10(14)17/h1-3,7H,4,13H2,(H2,14,17). The van der Waals surface area contributed by atoms with Gasteiger partial charge in [0.2, 0.25) is 5.91 Å². The number of amides is 2. The van der Waals surface area contributed by atoms with Crippen LogP contribution in [0.3, 0.4) is 0 Å². The largest absolute Gasteiger partial charge is 0.368 e. The lowest BCUT2D eigenvalue weighted by molar-refractivity contribution is -0.119. The van der Waals surface area contributed by atoms with Crippen molar-refractivity contribution in [3.8, 4) is 0 Å². The van der Waals surface area contributed by atoms with Crippen LogP contribution in [0.5, 0.6) is 0 Å². The molecule has 1 unspecified atom stereocenters. The maximum atomic E-state index is 11.8. The van der Waals surface area contributed by atoms with E-state index in [0.29, 0.717) is 11.3 Å². The van der Waals surface area contributed by atoms with E-state index in [0.717, 1.165) is 4.47 Å². The molecule has 6 nitrogen and oxygen atoms in total. The highest BCUT2D eigenvalue weighted by Gasteiger charge is 2.37. The normalized spacial score (nSPS) is 15.8. The molecule has 94 valence electrons. The first-order valence-electron chi connectivity index (χ1n) is 5.12. The number of rotatable bonds is 3. The molecule has 1 aromatic rings. The molecule has 0 aliphatic carbocycles. The van der Waals surface area contributed by atoms with Crippen LogP contribution in [0, 0.1) is 0 Å². The topological polar surface area (TPSA) is 106 Å². The van der Waals surface area contributed by atoms with Gasteiger partial charge in [-0.25, -0.2) is 0 Å². The molecule has 0 fully saturated rings. The van der Waals surface area contributed by atoms with Crippen LogP contribution in [0.1, 0.15) is 10.4 Å². The van der Waals surface area contributed by atoms with Gasteiger partial charge in [0.1, 0.15) is 6.04 Å². The van der Waals surface area contributed by atoms with Crippen LogP contribution < -0.4 is 16.4 Å². The van der Waals surface area contributed by atoms with E-state index in [9.17, 15) is 14.4 Å². The molecule has 0 saturated carbocycles. The molecule has 0 saturated heterocycles. The van der Waals surface area contributed by atoms with E-state index < -0.39 is 23.6 Å². The van der Waals surface area contributed by atoms with Crippen molar-refractivity contribution in [1.29, 1.82) is 0 Å². The molecule has 7 heteroatoms. The molecule has 1 atom stereocenters. The molecule has 18 heavy (non-hydrogen) atoms. The number of hydrogen-bond acceptors (Lipinski definition) is 4. The fourth-order valence-electron chi connectivity index (χ4n) is 1.74. The number of benzene rings is 1. The van der Waals surface area contributed by atoms with Crippen molar-refractivity contribution in [2.24, 2.45) is 11.5 Å². The first-order chi connectivity index (χ1) is 8.41. The molecule has 0 spiro atoms. The summed E-state index contributed by atoms with van der Waals surface area (Å²) in [6, 6.07) is 3.84. The Balaban J connectivity index is 2.39. The highest BCUT2D eigenvalue weighted by atomic mass is 79.9. The van der Waals surface area contributed by atoms with E-state index in [4.69, 9.17) is 11.5 Å². The monoisotopic (exact) mass is 311 g/mol. The van der Waals surface area contributed by atoms with Crippen molar-refractivity contribution >= 4 is 39.2 Å². The third kappa shape index (κ3) is 2.02. The van der Waals surface area contributed by atoms with E-state index in [1.165, 1.54) is 4.90 Å². The summed E-state index contributed by atoms with van der Waals surface area (Å²) < 4.78 is 0.724. The van der Waals surface area contributed by atoms with Crippen LogP contribution in [0.4, 0.5) is 5.69 Å². The highest BCUT2D eigenvalue weighted by molar-refractivity contribution is 9.10. The number of ketones is 1. The lowest BCUT2D eigenvalue weighted by Gasteiger charge is -2.19. The number of fused-ring (bicyclic) bond motifs is 1. The molecular weight excluding hydrogens is 302 g/mol. The lowest BCUT2D eigenvalue weighted by atomic mass is 10.1. The maximum absolute atomic E-state index is 11.8. The minimum absolute atomic E-state index is 0.108. The van der Waals surface area contributed by atoms with E-state index >= 15 is 0 Å². The molecular formula is C11H10BrN3O3. The van der Waals surface area contributed by atoms with Gasteiger partial charge in [-0.05, 0) is 18.2 Å². The van der Waals surface area contributed by atoms with E-state index in [-0.39, 0.29) is 6.54 Å². The zero-order valence-electron chi connectivity index (χ0n) is 9.22. The molecule has 1 aromatic carbocycles. The summed E-state index contributed by atoms with van der Waals surface area (Å²) in [5.74, 6) is -2.02. The van der Waals surface area contributed by atoms with Gasteiger partial charge in [0, 0.05) is 4.47 Å². The Labute approximate surface area is 111 Å². The van der Waals surface area contributed by atoms with Gasteiger partial charge in [-0.3, -0.25) is 14.4 Å². The Morgan fingerprint density at radius 3 is 2.67 bits per heavy atom. The number of nitrogens with zero attached hydrogens (tertiary/aromatic N) is 1. The van der Waals surface area contributed by atoms with Gasteiger partial charge < -0.3 is 16.4 Å². The van der Waals surface area contributed by atoms with Crippen molar-refractivity contribution in [3.63, 3.8) is 0 Å². The molecule has 0 radical (unpaired) electrons. The summed E-state index contributed by atoms with van der Waals surface area (Å²) >= 11 is 3.26. The average molecular weight is 312 g/mol. The summed E-state index contributed by atoms with van der Waals surface area (Å²) in [6.07, 6.45) is 0. The average Bonchev–Trinajstić information content (AvgIpc) is 2.54. The Bertz CT molecular complexity index is 558. The fourth-order valence-corrected chi connectivity index (χ4v) is 2.08. The number of hydrogen-bond donors (Lipinski definition) is 2. The quantitative estimate of drug-likeness (QED) is 0.753. The summed E-state index contributed by atoms with van der Waals surface area (Å²) in [4.78, 5) is 35.6. The number of primary amides is 1. The predicted octanol–water partition coefficient (Wildman–Crippen LogP) is -0.209. The molecule has 1 aliphatic rings. The first-order valence-corrected chi connectivity index (χ1v) is 5.91. The Hall–Kier alpha value is -1.73. The zero-order chi connectivity index (χ0) is 13.4. The summed E-state index contributed by atoms with van der Waals surface area (Å²) in [5, 5.41) is 0. The number of Topliss-reactive ketones (excluding diaryl/α,β-unsaturated/α-hetero) is 1. The van der Waals surface area contributed by atoms with Crippen LogP contribution in [-0.4, -0.2) is 30.2 Å². The molecule has 2 rings (SSSR count). The van der Waals surface area contributed by atoms with E-state index in [1.807, 2.05) is 0 Å². The lowest BCUT2D eigenvalue weighted by Crippen LogP contribution is -2.47. The van der Waals surface area contributed by atoms with Crippen LogP contribution in [0.2, 0.25) is 0 Å².